The molecule has 1 aromatic carbocycles. The standard InChI is InChI=1S/C15H20N2O3S/c1-20-15-5-4-13(11-14(15)3-2-6-16)12-17-7-9-21(18,19)10-8-17/h4-5,11H,6-10,12,16H2,1H3. The third-order valence-electron chi connectivity index (χ3n) is 3.43. The molecule has 0 aliphatic carbocycles. The van der Waals surface area contributed by atoms with Gasteiger partial charge in [0.05, 0.1) is 30.7 Å². The number of sulfone groups is 1. The van der Waals surface area contributed by atoms with E-state index in [1.165, 1.54) is 0 Å². The number of nitrogens with two attached hydrogens (primary N) is 1. The third kappa shape index (κ3) is 4.46. The predicted octanol–water partition coefficient (Wildman–Crippen LogP) is 0.236. The lowest BCUT2D eigenvalue weighted by molar-refractivity contribution is 0.287. The second kappa shape index (κ2) is 6.94. The Labute approximate surface area is 126 Å². The third-order valence-corrected chi connectivity index (χ3v) is 5.04. The van der Waals surface area contributed by atoms with E-state index in [4.69, 9.17) is 10.5 Å². The number of methoxy groups -OCH3 is 1. The summed E-state index contributed by atoms with van der Waals surface area (Å²) in [5.41, 5.74) is 7.31. The highest BCUT2D eigenvalue weighted by Gasteiger charge is 2.21. The van der Waals surface area contributed by atoms with E-state index in [1.54, 1.807) is 7.11 Å². The summed E-state index contributed by atoms with van der Waals surface area (Å²) in [5.74, 6) is 7.03. The molecule has 0 spiro atoms. The smallest absolute Gasteiger partial charge is 0.152 e. The summed E-state index contributed by atoms with van der Waals surface area (Å²) in [6.45, 7) is 2.19. The van der Waals surface area contributed by atoms with Crippen molar-refractivity contribution in [2.24, 2.45) is 5.73 Å². The monoisotopic (exact) mass is 308 g/mol. The van der Waals surface area contributed by atoms with E-state index in [0.29, 0.717) is 19.6 Å². The van der Waals surface area contributed by atoms with Crippen molar-refractivity contribution in [3.05, 3.63) is 29.3 Å². The summed E-state index contributed by atoms with van der Waals surface area (Å²) in [7, 11) is -1.23. The molecule has 6 heteroatoms. The van der Waals surface area contributed by atoms with Crippen LogP contribution < -0.4 is 10.5 Å². The Balaban J connectivity index is 2.10. The molecule has 0 amide bonds. The van der Waals surface area contributed by atoms with Crippen molar-refractivity contribution in [2.45, 2.75) is 6.54 Å². The van der Waals surface area contributed by atoms with Gasteiger partial charge in [-0.05, 0) is 17.7 Å². The SMILES string of the molecule is COc1ccc(CN2CCS(=O)(=O)CC2)cc1C#CCN. The van der Waals surface area contributed by atoms with Gasteiger partial charge in [0.1, 0.15) is 5.75 Å². The molecule has 1 aliphatic heterocycles. The first-order chi connectivity index (χ1) is 10.0. The Morgan fingerprint density at radius 2 is 2.05 bits per heavy atom. The van der Waals surface area contributed by atoms with Gasteiger partial charge in [-0.3, -0.25) is 4.90 Å². The first kappa shape index (κ1) is 15.8. The van der Waals surface area contributed by atoms with Crippen molar-refractivity contribution < 1.29 is 13.2 Å². The molecule has 0 atom stereocenters. The zero-order valence-electron chi connectivity index (χ0n) is 12.1. The van der Waals surface area contributed by atoms with Gasteiger partial charge in [0, 0.05) is 19.6 Å². The number of hydrogen-bond acceptors (Lipinski definition) is 5. The van der Waals surface area contributed by atoms with Crippen LogP contribution in [-0.4, -0.2) is 51.6 Å². The van der Waals surface area contributed by atoms with E-state index in [2.05, 4.69) is 16.7 Å². The van der Waals surface area contributed by atoms with Crippen LogP contribution in [0.1, 0.15) is 11.1 Å². The van der Waals surface area contributed by atoms with Gasteiger partial charge < -0.3 is 10.5 Å². The van der Waals surface area contributed by atoms with Gasteiger partial charge in [0.2, 0.25) is 0 Å². The Morgan fingerprint density at radius 3 is 2.67 bits per heavy atom. The summed E-state index contributed by atoms with van der Waals surface area (Å²) in [5, 5.41) is 0. The fourth-order valence-corrected chi connectivity index (χ4v) is 3.54. The highest BCUT2D eigenvalue weighted by atomic mass is 32.2. The van der Waals surface area contributed by atoms with E-state index in [-0.39, 0.29) is 11.5 Å². The summed E-state index contributed by atoms with van der Waals surface area (Å²) < 4.78 is 28.1. The van der Waals surface area contributed by atoms with Crippen molar-refractivity contribution in [2.75, 3.05) is 38.2 Å². The van der Waals surface area contributed by atoms with Gasteiger partial charge in [-0.1, -0.05) is 17.9 Å². The molecule has 114 valence electrons. The van der Waals surface area contributed by atoms with Gasteiger partial charge in [-0.15, -0.1) is 0 Å². The molecular weight excluding hydrogens is 288 g/mol. The quantitative estimate of drug-likeness (QED) is 0.810. The van der Waals surface area contributed by atoms with Gasteiger partial charge in [0.25, 0.3) is 0 Å². The van der Waals surface area contributed by atoms with E-state index in [9.17, 15) is 8.42 Å². The Hall–Kier alpha value is -1.55. The first-order valence-electron chi connectivity index (χ1n) is 6.83. The van der Waals surface area contributed by atoms with Gasteiger partial charge in [-0.2, -0.15) is 0 Å². The zero-order chi connectivity index (χ0) is 15.3. The molecule has 0 aromatic heterocycles. The van der Waals surface area contributed by atoms with E-state index in [1.807, 2.05) is 18.2 Å². The maximum atomic E-state index is 11.4. The fourth-order valence-electron chi connectivity index (χ4n) is 2.26. The van der Waals surface area contributed by atoms with Gasteiger partial charge in [0.15, 0.2) is 9.84 Å². The average Bonchev–Trinajstić information content (AvgIpc) is 2.47. The molecule has 5 nitrogen and oxygen atoms in total. The van der Waals surface area contributed by atoms with Gasteiger partial charge in [-0.25, -0.2) is 8.42 Å². The fraction of sp³-hybridized carbons (Fsp3) is 0.467. The molecule has 1 saturated heterocycles. The molecule has 2 N–H and O–H groups in total. The maximum absolute atomic E-state index is 11.4. The molecule has 1 fully saturated rings. The van der Waals surface area contributed by atoms with Crippen LogP contribution in [-0.2, 0) is 16.4 Å². The summed E-state index contributed by atoms with van der Waals surface area (Å²) in [6, 6.07) is 5.84. The Kier molecular flexibility index (Phi) is 5.23. The summed E-state index contributed by atoms with van der Waals surface area (Å²) in [6.07, 6.45) is 0. The van der Waals surface area contributed by atoms with Crippen LogP contribution in [0.3, 0.4) is 0 Å². The number of nitrogens with zero attached hydrogens (tertiary/aromatic N) is 1. The minimum Gasteiger partial charge on any atom is -0.495 e. The first-order valence-corrected chi connectivity index (χ1v) is 8.65. The Bertz CT molecular complexity index is 645. The predicted molar refractivity (Wildman–Crippen MR) is 82.9 cm³/mol. The molecule has 0 bridgehead atoms. The lowest BCUT2D eigenvalue weighted by Gasteiger charge is -2.26. The minimum absolute atomic E-state index is 0.239. The normalized spacial score (nSPS) is 17.8. The highest BCUT2D eigenvalue weighted by Crippen LogP contribution is 2.20. The summed E-state index contributed by atoms with van der Waals surface area (Å²) >= 11 is 0. The number of benzene rings is 1. The number of ether oxygens (including phenoxy) is 1. The second-order valence-electron chi connectivity index (χ2n) is 4.97. The lowest BCUT2D eigenvalue weighted by Crippen LogP contribution is -2.39. The largest absolute Gasteiger partial charge is 0.495 e. The lowest BCUT2D eigenvalue weighted by atomic mass is 10.1. The van der Waals surface area contributed by atoms with Crippen molar-refractivity contribution in [1.82, 2.24) is 4.90 Å². The van der Waals surface area contributed by atoms with Crippen molar-refractivity contribution in [3.8, 4) is 17.6 Å². The topological polar surface area (TPSA) is 72.6 Å². The van der Waals surface area contributed by atoms with Crippen LogP contribution in [0.25, 0.3) is 0 Å². The van der Waals surface area contributed by atoms with Crippen LogP contribution in [0.2, 0.25) is 0 Å². The van der Waals surface area contributed by atoms with Crippen LogP contribution in [0.4, 0.5) is 0 Å². The zero-order valence-corrected chi connectivity index (χ0v) is 12.9. The molecule has 21 heavy (non-hydrogen) atoms. The van der Waals surface area contributed by atoms with Crippen molar-refractivity contribution in [1.29, 1.82) is 0 Å². The van der Waals surface area contributed by atoms with Crippen molar-refractivity contribution in [3.63, 3.8) is 0 Å². The van der Waals surface area contributed by atoms with Crippen LogP contribution >= 0.6 is 0 Å². The van der Waals surface area contributed by atoms with Crippen molar-refractivity contribution >= 4 is 9.84 Å². The molecule has 1 aliphatic rings. The van der Waals surface area contributed by atoms with Gasteiger partial charge >= 0.3 is 0 Å². The molecular formula is C15H20N2O3S. The Morgan fingerprint density at radius 1 is 1.33 bits per heavy atom. The minimum atomic E-state index is -2.84. The van der Waals surface area contributed by atoms with Crippen LogP contribution in [0.15, 0.2) is 18.2 Å². The molecule has 1 heterocycles. The van der Waals surface area contributed by atoms with E-state index in [0.717, 1.165) is 23.4 Å². The van der Waals surface area contributed by atoms with Crippen LogP contribution in [0.5, 0.6) is 5.75 Å². The molecule has 2 rings (SSSR count). The van der Waals surface area contributed by atoms with E-state index >= 15 is 0 Å². The van der Waals surface area contributed by atoms with E-state index < -0.39 is 9.84 Å². The summed E-state index contributed by atoms with van der Waals surface area (Å²) in [4.78, 5) is 2.14. The highest BCUT2D eigenvalue weighted by molar-refractivity contribution is 7.91. The number of hydrogen-bond donors (Lipinski definition) is 1. The maximum Gasteiger partial charge on any atom is 0.152 e. The van der Waals surface area contributed by atoms with Crippen LogP contribution in [0, 0.1) is 11.8 Å². The molecule has 0 radical (unpaired) electrons. The molecule has 1 aromatic rings. The molecule has 0 unspecified atom stereocenters. The second-order valence-corrected chi connectivity index (χ2v) is 7.27. The number of rotatable bonds is 3. The average molecular weight is 308 g/mol. The molecule has 0 saturated carbocycles.